The lowest BCUT2D eigenvalue weighted by atomic mass is 10.2. The minimum absolute atomic E-state index is 0.0219. The van der Waals surface area contributed by atoms with Crippen LogP contribution in [0.1, 0.15) is 18.9 Å². The number of benzene rings is 1. The van der Waals surface area contributed by atoms with Gasteiger partial charge in [0, 0.05) is 33.7 Å². The monoisotopic (exact) mass is 348 g/mol. The van der Waals surface area contributed by atoms with E-state index in [1.807, 2.05) is 31.2 Å². The second-order valence-corrected chi connectivity index (χ2v) is 6.28. The number of likely N-dealkylation sites (tertiary alicyclic amines) is 1. The van der Waals surface area contributed by atoms with Gasteiger partial charge in [-0.15, -0.1) is 0 Å². The van der Waals surface area contributed by atoms with Crippen molar-refractivity contribution in [2.24, 2.45) is 4.99 Å². The van der Waals surface area contributed by atoms with Gasteiger partial charge in [-0.05, 0) is 31.0 Å². The molecule has 1 atom stereocenters. The van der Waals surface area contributed by atoms with Gasteiger partial charge in [-0.3, -0.25) is 4.79 Å². The predicted molar refractivity (Wildman–Crippen MR) is 97.6 cm³/mol. The van der Waals surface area contributed by atoms with Crippen LogP contribution in [0.25, 0.3) is 0 Å². The first kappa shape index (κ1) is 19.1. The number of β-amino-alcohol motifs (C(OH)–C–C–N with tert-alkyl or cyclic N) is 1. The molecule has 1 aliphatic heterocycles. The Bertz CT molecular complexity index is 604. The Morgan fingerprint density at radius 1 is 1.48 bits per heavy atom. The van der Waals surface area contributed by atoms with E-state index in [9.17, 15) is 9.90 Å². The Labute approximate surface area is 149 Å². The highest BCUT2D eigenvalue weighted by Gasteiger charge is 2.22. The fourth-order valence-electron chi connectivity index (χ4n) is 2.53. The highest BCUT2D eigenvalue weighted by molar-refractivity contribution is 5.80. The van der Waals surface area contributed by atoms with Crippen LogP contribution in [0.15, 0.2) is 29.3 Å². The molecule has 25 heavy (non-hydrogen) atoms. The van der Waals surface area contributed by atoms with Crippen LogP contribution in [0, 0.1) is 0 Å². The molecule has 7 heteroatoms. The van der Waals surface area contributed by atoms with E-state index in [1.165, 1.54) is 4.90 Å². The van der Waals surface area contributed by atoms with Crippen molar-refractivity contribution in [3.05, 3.63) is 29.8 Å². The van der Waals surface area contributed by atoms with E-state index in [0.29, 0.717) is 18.8 Å². The summed E-state index contributed by atoms with van der Waals surface area (Å²) < 4.78 is 5.54. The average Bonchev–Trinajstić information content (AvgIpc) is 3.03. The molecule has 1 heterocycles. The Kier molecular flexibility index (Phi) is 7.06. The van der Waals surface area contributed by atoms with Crippen LogP contribution in [0.5, 0.6) is 5.75 Å². The molecule has 1 aromatic carbocycles. The minimum atomic E-state index is -0.283. The van der Waals surface area contributed by atoms with E-state index in [2.05, 4.69) is 15.2 Å². The van der Waals surface area contributed by atoms with E-state index in [4.69, 9.17) is 4.74 Å². The number of aliphatic imine (C=N–C) groups is 1. The van der Waals surface area contributed by atoms with Crippen molar-refractivity contribution in [3.8, 4) is 5.75 Å². The van der Waals surface area contributed by atoms with Gasteiger partial charge in [-0.1, -0.05) is 12.1 Å². The predicted octanol–water partition coefficient (Wildman–Crippen LogP) is 0.686. The Balaban J connectivity index is 1.98. The maximum atomic E-state index is 11.6. The number of hydrogen-bond donors (Lipinski definition) is 2. The van der Waals surface area contributed by atoms with Crippen LogP contribution in [0.2, 0.25) is 0 Å². The molecule has 1 aliphatic rings. The second kappa shape index (κ2) is 9.27. The number of ether oxygens (including phenoxy) is 1. The summed E-state index contributed by atoms with van der Waals surface area (Å²) in [5.41, 5.74) is 1.00. The summed E-state index contributed by atoms with van der Waals surface area (Å²) in [6.45, 7) is 4.76. The SMILES string of the molecule is CCNC(=NCc1cccc(OCC(=O)N(C)C)c1)N1CC[C@@H](O)C1. The number of likely N-dealkylation sites (N-methyl/N-ethyl adjacent to an activating group) is 1. The van der Waals surface area contributed by atoms with Gasteiger partial charge in [0.25, 0.3) is 5.91 Å². The lowest BCUT2D eigenvalue weighted by Gasteiger charge is -2.21. The number of hydrogen-bond acceptors (Lipinski definition) is 4. The van der Waals surface area contributed by atoms with Crippen LogP contribution in [0.3, 0.4) is 0 Å². The lowest BCUT2D eigenvalue weighted by molar-refractivity contribution is -0.130. The molecule has 2 rings (SSSR count). The average molecular weight is 348 g/mol. The minimum Gasteiger partial charge on any atom is -0.484 e. The zero-order valence-electron chi connectivity index (χ0n) is 15.2. The summed E-state index contributed by atoms with van der Waals surface area (Å²) in [5.74, 6) is 1.39. The van der Waals surface area contributed by atoms with E-state index < -0.39 is 0 Å². The smallest absolute Gasteiger partial charge is 0.259 e. The van der Waals surface area contributed by atoms with Crippen molar-refractivity contribution in [2.45, 2.75) is 26.0 Å². The molecule has 1 saturated heterocycles. The van der Waals surface area contributed by atoms with Crippen molar-refractivity contribution in [1.82, 2.24) is 15.1 Å². The van der Waals surface area contributed by atoms with E-state index in [0.717, 1.165) is 31.0 Å². The summed E-state index contributed by atoms with van der Waals surface area (Å²) in [5, 5.41) is 13.0. The Morgan fingerprint density at radius 3 is 2.92 bits per heavy atom. The number of aliphatic hydroxyl groups excluding tert-OH is 1. The second-order valence-electron chi connectivity index (χ2n) is 6.28. The number of nitrogens with zero attached hydrogens (tertiary/aromatic N) is 3. The third-order valence-corrected chi connectivity index (χ3v) is 3.97. The van der Waals surface area contributed by atoms with Gasteiger partial charge >= 0.3 is 0 Å². The van der Waals surface area contributed by atoms with Crippen LogP contribution in [-0.4, -0.2) is 73.2 Å². The highest BCUT2D eigenvalue weighted by atomic mass is 16.5. The Morgan fingerprint density at radius 2 is 2.28 bits per heavy atom. The summed E-state index contributed by atoms with van der Waals surface area (Å²) in [4.78, 5) is 19.8. The molecular formula is C18H28N4O3. The van der Waals surface area contributed by atoms with Crippen molar-refractivity contribution < 1.29 is 14.6 Å². The first-order valence-electron chi connectivity index (χ1n) is 8.62. The largest absolute Gasteiger partial charge is 0.484 e. The molecule has 0 unspecified atom stereocenters. The van der Waals surface area contributed by atoms with E-state index in [-0.39, 0.29) is 18.6 Å². The number of carbonyl (C=O) groups excluding carboxylic acids is 1. The van der Waals surface area contributed by atoms with Crippen molar-refractivity contribution in [1.29, 1.82) is 0 Å². The zero-order valence-corrected chi connectivity index (χ0v) is 15.2. The van der Waals surface area contributed by atoms with Gasteiger partial charge in [0.1, 0.15) is 5.75 Å². The van der Waals surface area contributed by atoms with Crippen molar-refractivity contribution in [3.63, 3.8) is 0 Å². The van der Waals surface area contributed by atoms with Crippen molar-refractivity contribution >= 4 is 11.9 Å². The molecule has 0 saturated carbocycles. The molecule has 138 valence electrons. The summed E-state index contributed by atoms with van der Waals surface area (Å²) >= 11 is 0. The number of aliphatic hydroxyl groups is 1. The van der Waals surface area contributed by atoms with Crippen LogP contribution < -0.4 is 10.1 Å². The third-order valence-electron chi connectivity index (χ3n) is 3.97. The van der Waals surface area contributed by atoms with Crippen LogP contribution in [-0.2, 0) is 11.3 Å². The first-order chi connectivity index (χ1) is 12.0. The van der Waals surface area contributed by atoms with Crippen LogP contribution in [0.4, 0.5) is 0 Å². The standard InChI is InChI=1S/C18H28N4O3/c1-4-19-18(22-9-8-15(23)12-22)20-11-14-6-5-7-16(10-14)25-13-17(24)21(2)3/h5-7,10,15,23H,4,8-9,11-13H2,1-3H3,(H,19,20)/t15-/m1/s1. The maximum Gasteiger partial charge on any atom is 0.259 e. The van der Waals surface area contributed by atoms with Gasteiger partial charge in [-0.25, -0.2) is 4.99 Å². The molecule has 0 bridgehead atoms. The van der Waals surface area contributed by atoms with E-state index >= 15 is 0 Å². The summed E-state index contributed by atoms with van der Waals surface area (Å²) in [6.07, 6.45) is 0.489. The maximum absolute atomic E-state index is 11.6. The fourth-order valence-corrected chi connectivity index (χ4v) is 2.53. The lowest BCUT2D eigenvalue weighted by Crippen LogP contribution is -2.40. The number of guanidine groups is 1. The first-order valence-corrected chi connectivity index (χ1v) is 8.62. The molecule has 2 N–H and O–H groups in total. The molecule has 0 aromatic heterocycles. The van der Waals surface area contributed by atoms with Gasteiger partial charge in [0.2, 0.25) is 0 Å². The van der Waals surface area contributed by atoms with E-state index in [1.54, 1.807) is 14.1 Å². The molecule has 7 nitrogen and oxygen atoms in total. The molecule has 0 radical (unpaired) electrons. The van der Waals surface area contributed by atoms with Crippen molar-refractivity contribution in [2.75, 3.05) is 40.3 Å². The van der Waals surface area contributed by atoms with Gasteiger partial charge in [0.15, 0.2) is 12.6 Å². The molecule has 1 amide bonds. The fraction of sp³-hybridized carbons (Fsp3) is 0.556. The topological polar surface area (TPSA) is 77.4 Å². The third kappa shape index (κ3) is 5.94. The molecule has 0 spiro atoms. The quantitative estimate of drug-likeness (QED) is 0.584. The molecular weight excluding hydrogens is 320 g/mol. The Hall–Kier alpha value is -2.28. The van der Waals surface area contributed by atoms with Gasteiger partial charge < -0.3 is 25.0 Å². The zero-order chi connectivity index (χ0) is 18.2. The van der Waals surface area contributed by atoms with Gasteiger partial charge in [-0.2, -0.15) is 0 Å². The molecule has 1 fully saturated rings. The number of amides is 1. The van der Waals surface area contributed by atoms with Crippen LogP contribution >= 0.6 is 0 Å². The molecule has 1 aromatic rings. The number of carbonyl (C=O) groups is 1. The number of rotatable bonds is 6. The highest BCUT2D eigenvalue weighted by Crippen LogP contribution is 2.15. The summed E-state index contributed by atoms with van der Waals surface area (Å²) in [7, 11) is 3.41. The van der Waals surface area contributed by atoms with Gasteiger partial charge in [0.05, 0.1) is 12.6 Å². The molecule has 0 aliphatic carbocycles. The number of nitrogens with one attached hydrogen (secondary N) is 1. The normalized spacial score (nSPS) is 17.5. The summed E-state index contributed by atoms with van der Waals surface area (Å²) in [6, 6.07) is 7.60.